The van der Waals surface area contributed by atoms with E-state index in [4.69, 9.17) is 47.4 Å². The van der Waals surface area contributed by atoms with Gasteiger partial charge in [0.05, 0.1) is 68.1 Å². The summed E-state index contributed by atoms with van der Waals surface area (Å²) >= 11 is 0. The number of benzene rings is 3. The van der Waals surface area contributed by atoms with E-state index in [-0.39, 0.29) is 69.2 Å². The van der Waals surface area contributed by atoms with Crippen LogP contribution in [0, 0.1) is 23.7 Å². The summed E-state index contributed by atoms with van der Waals surface area (Å²) in [6, 6.07) is 17.5. The Morgan fingerprint density at radius 1 is 0.470 bits per heavy atom. The highest BCUT2D eigenvalue weighted by Crippen LogP contribution is 2.34. The zero-order chi connectivity index (χ0) is 60.7. The predicted molar refractivity (Wildman–Crippen MR) is 292 cm³/mol. The summed E-state index contributed by atoms with van der Waals surface area (Å²) in [5, 5.41) is 0. The molecule has 2 aliphatic carbocycles. The molecule has 2 fully saturated rings. The van der Waals surface area contributed by atoms with Gasteiger partial charge in [0.25, 0.3) is 0 Å². The molecule has 2 aliphatic rings. The molecule has 0 aliphatic heterocycles. The Morgan fingerprint density at radius 3 is 1.14 bits per heavy atom. The maximum atomic E-state index is 13.2. The van der Waals surface area contributed by atoms with Crippen molar-refractivity contribution in [2.75, 3.05) is 40.6 Å². The number of methoxy groups -OCH3 is 1. The van der Waals surface area contributed by atoms with E-state index in [0.29, 0.717) is 82.0 Å². The summed E-state index contributed by atoms with van der Waals surface area (Å²) in [4.78, 5) is 135. The Kier molecular flexibility index (Phi) is 29.1. The Labute approximate surface area is 481 Å². The second-order valence-corrected chi connectivity index (χ2v) is 19.5. The number of esters is 10. The van der Waals surface area contributed by atoms with Gasteiger partial charge in [0, 0.05) is 39.2 Å². The Balaban J connectivity index is 0.00000482. The molecule has 0 bridgehead atoms. The lowest BCUT2D eigenvalue weighted by molar-refractivity contribution is -0.157. The van der Waals surface area contributed by atoms with Crippen molar-refractivity contribution in [2.24, 2.45) is 23.7 Å². The summed E-state index contributed by atoms with van der Waals surface area (Å²) in [5.41, 5.74) is 1.62. The van der Waals surface area contributed by atoms with Crippen LogP contribution in [-0.4, -0.2) is 119 Å². The summed E-state index contributed by atoms with van der Waals surface area (Å²) in [6.07, 6.45) is 3.98. The molecule has 0 N–H and O–H groups in total. The summed E-state index contributed by atoms with van der Waals surface area (Å²) in [6.45, 7) is 9.48. The molecule has 0 amide bonds. The van der Waals surface area contributed by atoms with Crippen LogP contribution in [0.15, 0.2) is 92.0 Å². The van der Waals surface area contributed by atoms with Crippen molar-refractivity contribution >= 4 is 66.0 Å². The molecule has 2 unspecified atom stereocenters. The van der Waals surface area contributed by atoms with Crippen molar-refractivity contribution in [2.45, 2.75) is 116 Å². The van der Waals surface area contributed by atoms with Crippen LogP contribution < -0.4 is 18.9 Å². The summed E-state index contributed by atoms with van der Waals surface area (Å²) < 4.78 is 56.9. The lowest BCUT2D eigenvalue weighted by Gasteiger charge is -2.26. The molecule has 0 saturated heterocycles. The number of hydrogen-bond donors (Lipinski definition) is 0. The van der Waals surface area contributed by atoms with E-state index in [1.165, 1.54) is 18.2 Å². The van der Waals surface area contributed by atoms with E-state index < -0.39 is 95.6 Å². The molecule has 83 heavy (non-hydrogen) atoms. The molecule has 448 valence electrons. The summed E-state index contributed by atoms with van der Waals surface area (Å²) in [5.74, 6) is -6.93. The first-order chi connectivity index (χ1) is 39.8. The van der Waals surface area contributed by atoms with Crippen LogP contribution in [0.3, 0.4) is 0 Å². The molecular formula is C61H72O22. The van der Waals surface area contributed by atoms with Crippen LogP contribution in [0.2, 0.25) is 0 Å². The Morgan fingerprint density at radius 2 is 0.795 bits per heavy atom. The third-order valence-electron chi connectivity index (χ3n) is 12.9. The van der Waals surface area contributed by atoms with Gasteiger partial charge in [-0.25, -0.2) is 9.59 Å². The fourth-order valence-electron chi connectivity index (χ4n) is 8.41. The zero-order valence-corrected chi connectivity index (χ0v) is 47.2. The lowest BCUT2D eigenvalue weighted by Crippen LogP contribution is -2.30. The molecule has 2 atom stereocenters. The first-order valence-electron chi connectivity index (χ1n) is 27.2. The molecule has 0 radical (unpaired) electrons. The maximum Gasteiger partial charge on any atom is 0.330 e. The first-order valence-corrected chi connectivity index (χ1v) is 27.2. The van der Waals surface area contributed by atoms with Crippen LogP contribution in [0.25, 0.3) is 0 Å². The van der Waals surface area contributed by atoms with Gasteiger partial charge in [0.2, 0.25) is 0 Å². The number of hydrogen-bond acceptors (Lipinski definition) is 22. The van der Waals surface area contributed by atoms with E-state index in [0.717, 1.165) is 23.3 Å². The Hall–Kier alpha value is -8.53. The minimum Gasteiger partial charge on any atom is -0.465 e. The minimum absolute atomic E-state index is 0.00451. The molecule has 3 aromatic carbocycles. The summed E-state index contributed by atoms with van der Waals surface area (Å²) in [7, 11) is 3.25. The van der Waals surface area contributed by atoms with Gasteiger partial charge in [0.15, 0.2) is 6.29 Å². The van der Waals surface area contributed by atoms with Crippen molar-refractivity contribution in [1.29, 1.82) is 0 Å². The van der Waals surface area contributed by atoms with Gasteiger partial charge in [-0.05, 0) is 119 Å². The largest absolute Gasteiger partial charge is 0.465 e. The molecule has 0 spiro atoms. The fourth-order valence-corrected chi connectivity index (χ4v) is 8.41. The second-order valence-electron chi connectivity index (χ2n) is 19.5. The smallest absolute Gasteiger partial charge is 0.330 e. The van der Waals surface area contributed by atoms with E-state index in [9.17, 15) is 52.7 Å². The average Bonchev–Trinajstić information content (AvgIpc) is 3.59. The quantitative estimate of drug-likeness (QED) is 0.0214. The zero-order valence-electron chi connectivity index (χ0n) is 47.2. The molecule has 3 aromatic rings. The highest BCUT2D eigenvalue weighted by Gasteiger charge is 2.34. The fraction of sp³-hybridized carbons (Fsp3) is 0.459. The third-order valence-corrected chi connectivity index (χ3v) is 12.9. The third kappa shape index (κ3) is 25.0. The van der Waals surface area contributed by atoms with Crippen LogP contribution in [0.5, 0.6) is 23.0 Å². The molecule has 2 saturated carbocycles. The van der Waals surface area contributed by atoms with Gasteiger partial charge < -0.3 is 52.1 Å². The van der Waals surface area contributed by atoms with E-state index in [1.54, 1.807) is 76.6 Å². The SMILES string of the molecule is C=CC(=O)OCC(C)OC(=O)CCC(=O)OCCc1ccc(OC(=O)C2CCC(C(=O)Oc3ccc(OC(=O)C4CCC(C(=O)Oc5ccc(CCOC(=O)CCC(=O)OC(C)COC(=O)C=C)cc5)CC4)c(C=O)c3)CC2)cc1.COC. The number of ether oxygens (including phenoxy) is 11. The predicted octanol–water partition coefficient (Wildman–Crippen LogP) is 7.45. The van der Waals surface area contributed by atoms with Crippen LogP contribution in [-0.2, 0) is 93.9 Å². The molecule has 0 aromatic heterocycles. The van der Waals surface area contributed by atoms with Crippen LogP contribution >= 0.6 is 0 Å². The topological polar surface area (TPSA) is 289 Å². The van der Waals surface area contributed by atoms with E-state index in [2.05, 4.69) is 17.9 Å². The highest BCUT2D eigenvalue weighted by molar-refractivity contribution is 5.85. The second kappa shape index (κ2) is 36.0. The van der Waals surface area contributed by atoms with Crippen molar-refractivity contribution in [1.82, 2.24) is 0 Å². The van der Waals surface area contributed by atoms with Gasteiger partial charge in [-0.1, -0.05) is 37.4 Å². The number of carbonyl (C=O) groups excluding carboxylic acids is 11. The molecular weight excluding hydrogens is 1080 g/mol. The average molecular weight is 1160 g/mol. The van der Waals surface area contributed by atoms with Gasteiger partial charge in [-0.3, -0.25) is 43.2 Å². The van der Waals surface area contributed by atoms with Crippen molar-refractivity contribution in [3.05, 3.63) is 109 Å². The number of carbonyl (C=O) groups is 11. The van der Waals surface area contributed by atoms with Gasteiger partial charge >= 0.3 is 59.7 Å². The first kappa shape index (κ1) is 67.0. The van der Waals surface area contributed by atoms with E-state index in [1.807, 2.05) is 0 Å². The van der Waals surface area contributed by atoms with E-state index >= 15 is 0 Å². The van der Waals surface area contributed by atoms with Crippen LogP contribution in [0.1, 0.15) is 112 Å². The minimum atomic E-state index is -0.692. The Bertz CT molecular complexity index is 2700. The monoisotopic (exact) mass is 1160 g/mol. The van der Waals surface area contributed by atoms with Crippen molar-refractivity contribution in [3.8, 4) is 23.0 Å². The lowest BCUT2D eigenvalue weighted by atomic mass is 9.82. The number of rotatable bonds is 29. The molecule has 22 nitrogen and oxygen atoms in total. The van der Waals surface area contributed by atoms with Gasteiger partial charge in [-0.15, -0.1) is 0 Å². The molecule has 0 heterocycles. The van der Waals surface area contributed by atoms with Crippen LogP contribution in [0.4, 0.5) is 0 Å². The molecule has 5 rings (SSSR count). The van der Waals surface area contributed by atoms with Gasteiger partial charge in [0.1, 0.15) is 48.4 Å². The number of aldehydes is 1. The normalized spacial score (nSPS) is 16.9. The van der Waals surface area contributed by atoms with Crippen molar-refractivity contribution < 1.29 is 105 Å². The molecule has 22 heteroatoms. The standard InChI is InChI=1S/C59H66O21.C2H6O/c1-5-50(61)73-35-37(3)75-54(65)27-25-52(63)71-31-29-39-7-19-46(20-8-39)77-56(67)41-11-13-43(14-12-41)58(69)79-48-23-24-49(45(33-48)34-60)80-59(70)44-17-15-42(16-18-44)57(68)78-47-21-9-40(10-22-47)30-32-72-53(64)26-28-55(66)76-38(4)36-74-51(62)6-2;1-3-2/h5-10,19-24,33-34,37-38,41-44H,1-2,11-18,25-32,35-36H2,3-4H3;1-2H3. The maximum absolute atomic E-state index is 13.2. The van der Waals surface area contributed by atoms with Crippen molar-refractivity contribution in [3.63, 3.8) is 0 Å². The highest BCUT2D eigenvalue weighted by atomic mass is 16.6. The van der Waals surface area contributed by atoms with Gasteiger partial charge in [-0.2, -0.15) is 0 Å².